The van der Waals surface area contributed by atoms with E-state index in [0.717, 1.165) is 11.1 Å². The molecule has 6 heteroatoms. The van der Waals surface area contributed by atoms with Crippen LogP contribution in [0.4, 0.5) is 0 Å². The molecule has 0 radical (unpaired) electrons. The smallest absolute Gasteiger partial charge is 0.341 e. The molecule has 2 aliphatic carbocycles. The molecule has 140 valence electrons. The van der Waals surface area contributed by atoms with Gasteiger partial charge >= 0.3 is 11.9 Å². The van der Waals surface area contributed by atoms with Gasteiger partial charge in [0.25, 0.3) is 0 Å². The molecule has 0 aromatic carbocycles. The van der Waals surface area contributed by atoms with E-state index in [4.69, 9.17) is 14.2 Å². The van der Waals surface area contributed by atoms with Gasteiger partial charge < -0.3 is 19.3 Å². The van der Waals surface area contributed by atoms with Crippen molar-refractivity contribution in [3.63, 3.8) is 0 Å². The zero-order valence-corrected chi connectivity index (χ0v) is 15.2. The highest BCUT2D eigenvalue weighted by Crippen LogP contribution is 2.51. The standard InChI is InChI=1S/C20H24O6/c1-8-6-12(21)14-9(2)7-13(24-19(23)20(5)11(4)26-20)16-10(3)18(22)25-17(16)15(8)14/h6,11-17,21H,2-3,7H2,1,4-5H3/t11-,12-,13-,14-,15+,16-,17-,20-/m1/s1. The van der Waals surface area contributed by atoms with Crippen molar-refractivity contribution >= 4 is 11.9 Å². The van der Waals surface area contributed by atoms with Crippen molar-refractivity contribution in [3.8, 4) is 0 Å². The van der Waals surface area contributed by atoms with Crippen LogP contribution in [0, 0.1) is 17.8 Å². The Labute approximate surface area is 152 Å². The van der Waals surface area contributed by atoms with Crippen molar-refractivity contribution < 1.29 is 28.9 Å². The third-order valence-corrected chi connectivity index (χ3v) is 6.47. The average molecular weight is 360 g/mol. The highest BCUT2D eigenvalue weighted by molar-refractivity contribution is 5.91. The highest BCUT2D eigenvalue weighted by atomic mass is 16.7. The maximum atomic E-state index is 12.6. The van der Waals surface area contributed by atoms with E-state index < -0.39 is 41.8 Å². The monoisotopic (exact) mass is 360 g/mol. The number of hydrogen-bond acceptors (Lipinski definition) is 6. The number of hydrogen-bond donors (Lipinski definition) is 1. The van der Waals surface area contributed by atoms with Gasteiger partial charge in [-0.05, 0) is 20.8 Å². The van der Waals surface area contributed by atoms with Gasteiger partial charge in [0.15, 0.2) is 5.60 Å². The maximum absolute atomic E-state index is 12.6. The molecule has 4 rings (SSSR count). The molecule has 6 nitrogen and oxygen atoms in total. The summed E-state index contributed by atoms with van der Waals surface area (Å²) in [6.07, 6.45) is 0.134. The number of fused-ring (bicyclic) bond motifs is 3. The van der Waals surface area contributed by atoms with Gasteiger partial charge in [0.2, 0.25) is 0 Å². The Morgan fingerprint density at radius 3 is 2.62 bits per heavy atom. The van der Waals surface area contributed by atoms with Crippen LogP contribution in [0.2, 0.25) is 0 Å². The summed E-state index contributed by atoms with van der Waals surface area (Å²) >= 11 is 0. The molecule has 3 fully saturated rings. The minimum Gasteiger partial charge on any atom is -0.459 e. The zero-order valence-electron chi connectivity index (χ0n) is 15.2. The third kappa shape index (κ3) is 2.32. The van der Waals surface area contributed by atoms with Gasteiger partial charge in [-0.1, -0.05) is 30.4 Å². The second kappa shape index (κ2) is 5.54. The fourth-order valence-corrected chi connectivity index (χ4v) is 4.72. The van der Waals surface area contributed by atoms with E-state index in [2.05, 4.69) is 13.2 Å². The van der Waals surface area contributed by atoms with Crippen LogP contribution in [0.25, 0.3) is 0 Å². The molecule has 0 bridgehead atoms. The van der Waals surface area contributed by atoms with E-state index in [1.807, 2.05) is 13.8 Å². The Morgan fingerprint density at radius 2 is 2.00 bits per heavy atom. The van der Waals surface area contributed by atoms with Gasteiger partial charge in [-0.25, -0.2) is 9.59 Å². The van der Waals surface area contributed by atoms with Crippen molar-refractivity contribution in [2.75, 3.05) is 0 Å². The molecule has 4 aliphatic rings. The second-order valence-electron chi connectivity index (χ2n) is 8.05. The maximum Gasteiger partial charge on any atom is 0.341 e. The van der Waals surface area contributed by atoms with E-state index in [0.29, 0.717) is 12.0 Å². The zero-order chi connectivity index (χ0) is 19.0. The molecule has 0 aromatic heterocycles. The first-order valence-electron chi connectivity index (χ1n) is 8.98. The Morgan fingerprint density at radius 1 is 1.35 bits per heavy atom. The first-order valence-corrected chi connectivity index (χ1v) is 8.98. The van der Waals surface area contributed by atoms with E-state index in [9.17, 15) is 14.7 Å². The molecule has 8 atom stereocenters. The SMILES string of the molecule is C=C1C[C@@H](OC(=O)[C@]2(C)O[C@@H]2C)[C@H]2C(=C)C(=O)O[C@@H]2[C@H]2C(C)=C[C@@H](O)[C@@H]12. The van der Waals surface area contributed by atoms with Crippen LogP contribution in [0.5, 0.6) is 0 Å². The van der Waals surface area contributed by atoms with E-state index in [1.54, 1.807) is 13.0 Å². The number of carbonyl (C=O) groups excluding carboxylic acids is 2. The van der Waals surface area contributed by atoms with Crippen LogP contribution in [-0.4, -0.2) is 47.1 Å². The number of ether oxygens (including phenoxy) is 3. The molecule has 2 saturated heterocycles. The van der Waals surface area contributed by atoms with Crippen LogP contribution in [0.3, 0.4) is 0 Å². The largest absolute Gasteiger partial charge is 0.459 e. The number of rotatable bonds is 2. The average Bonchev–Trinajstić information content (AvgIpc) is 2.95. The molecule has 1 N–H and O–H groups in total. The quantitative estimate of drug-likeness (QED) is 0.349. The summed E-state index contributed by atoms with van der Waals surface area (Å²) in [7, 11) is 0. The van der Waals surface area contributed by atoms with Crippen LogP contribution in [0.15, 0.2) is 36.0 Å². The highest BCUT2D eigenvalue weighted by Gasteiger charge is 2.60. The molecule has 26 heavy (non-hydrogen) atoms. The lowest BCUT2D eigenvalue weighted by molar-refractivity contribution is -0.158. The Hall–Kier alpha value is -1.92. The molecule has 2 heterocycles. The lowest BCUT2D eigenvalue weighted by Gasteiger charge is -2.29. The molecular formula is C20H24O6. The second-order valence-corrected chi connectivity index (χ2v) is 8.05. The normalized spacial score (nSPS) is 46.8. The number of aliphatic hydroxyl groups excluding tert-OH is 1. The fraction of sp³-hybridized carbons (Fsp3) is 0.600. The molecular weight excluding hydrogens is 336 g/mol. The third-order valence-electron chi connectivity index (χ3n) is 6.47. The minimum atomic E-state index is -0.945. The Balaban J connectivity index is 1.68. The Bertz CT molecular complexity index is 751. The van der Waals surface area contributed by atoms with Crippen molar-refractivity contribution in [1.82, 2.24) is 0 Å². The van der Waals surface area contributed by atoms with Gasteiger partial charge in [0, 0.05) is 23.8 Å². The topological polar surface area (TPSA) is 85.4 Å². The van der Waals surface area contributed by atoms with Crippen molar-refractivity contribution in [3.05, 3.63) is 36.0 Å². The van der Waals surface area contributed by atoms with Crippen molar-refractivity contribution in [2.24, 2.45) is 17.8 Å². The summed E-state index contributed by atoms with van der Waals surface area (Å²) in [5.41, 5.74) is 1.12. The van der Waals surface area contributed by atoms with Crippen LogP contribution >= 0.6 is 0 Å². The van der Waals surface area contributed by atoms with E-state index in [-0.39, 0.29) is 17.9 Å². The van der Waals surface area contributed by atoms with Gasteiger partial charge in [0.05, 0.1) is 18.1 Å². The number of aliphatic hydroxyl groups is 1. The molecule has 0 aromatic rings. The summed E-state index contributed by atoms with van der Waals surface area (Å²) in [6.45, 7) is 13.4. The van der Waals surface area contributed by atoms with Gasteiger partial charge in [-0.3, -0.25) is 0 Å². The summed E-state index contributed by atoms with van der Waals surface area (Å²) in [6, 6.07) is 0. The summed E-state index contributed by atoms with van der Waals surface area (Å²) in [4.78, 5) is 24.8. The molecule has 1 saturated carbocycles. The van der Waals surface area contributed by atoms with Gasteiger partial charge in [-0.2, -0.15) is 0 Å². The number of esters is 2. The Kier molecular flexibility index (Phi) is 3.72. The lowest BCUT2D eigenvalue weighted by Crippen LogP contribution is -2.39. The molecule has 0 spiro atoms. The van der Waals surface area contributed by atoms with E-state index >= 15 is 0 Å². The first kappa shape index (κ1) is 17.5. The van der Waals surface area contributed by atoms with Crippen molar-refractivity contribution in [1.29, 1.82) is 0 Å². The van der Waals surface area contributed by atoms with Crippen molar-refractivity contribution in [2.45, 2.75) is 57.2 Å². The number of carbonyl (C=O) groups is 2. The first-order chi connectivity index (χ1) is 12.1. The fourth-order valence-electron chi connectivity index (χ4n) is 4.72. The lowest BCUT2D eigenvalue weighted by atomic mass is 9.79. The number of epoxide rings is 1. The minimum absolute atomic E-state index is 0.180. The molecule has 2 aliphatic heterocycles. The summed E-state index contributed by atoms with van der Waals surface area (Å²) < 4.78 is 16.8. The molecule has 0 unspecified atom stereocenters. The predicted molar refractivity (Wildman–Crippen MR) is 91.8 cm³/mol. The predicted octanol–water partition coefficient (Wildman–Crippen LogP) is 1.69. The summed E-state index contributed by atoms with van der Waals surface area (Å²) in [5.74, 6) is -1.81. The van der Waals surface area contributed by atoms with Crippen LogP contribution in [-0.2, 0) is 23.8 Å². The van der Waals surface area contributed by atoms with E-state index in [1.165, 1.54) is 0 Å². The van der Waals surface area contributed by atoms with Crippen LogP contribution < -0.4 is 0 Å². The summed E-state index contributed by atoms with van der Waals surface area (Å²) in [5, 5.41) is 10.5. The van der Waals surface area contributed by atoms with Gasteiger partial charge in [-0.15, -0.1) is 0 Å². The van der Waals surface area contributed by atoms with Gasteiger partial charge in [0.1, 0.15) is 12.2 Å². The van der Waals surface area contributed by atoms with Crippen LogP contribution in [0.1, 0.15) is 27.2 Å². The molecule has 0 amide bonds.